The number of pyridine rings is 1. The van der Waals surface area contributed by atoms with Crippen molar-refractivity contribution in [3.05, 3.63) is 58.9 Å². The number of nitrogens with zero attached hydrogens (tertiary/aromatic N) is 1. The first-order valence-corrected chi connectivity index (χ1v) is 8.69. The highest BCUT2D eigenvalue weighted by Crippen LogP contribution is 2.41. The van der Waals surface area contributed by atoms with E-state index in [-0.39, 0.29) is 0 Å². The Morgan fingerprint density at radius 2 is 1.89 bits per heavy atom. The third kappa shape index (κ3) is 3.15. The Morgan fingerprint density at radius 3 is 2.54 bits per heavy atom. The third-order valence-corrected chi connectivity index (χ3v) is 4.92. The number of benzene rings is 1. The van der Waals surface area contributed by atoms with E-state index in [2.05, 4.69) is 10.3 Å². The maximum Gasteiger partial charge on any atom is 0.322 e. The first-order valence-electron chi connectivity index (χ1n) is 8.69. The summed E-state index contributed by atoms with van der Waals surface area (Å²) in [5.74, 6) is -3.17. The summed E-state index contributed by atoms with van der Waals surface area (Å²) < 4.78 is 0. The molecule has 0 saturated carbocycles. The Kier molecular flexibility index (Phi) is 4.77. The highest BCUT2D eigenvalue weighted by Gasteiger charge is 2.43. The normalized spacial score (nSPS) is 15.2. The first kappa shape index (κ1) is 19.3. The molecule has 3 N–H and O–H groups in total. The monoisotopic (exact) mass is 380 g/mol. The molecular weight excluding hydrogens is 360 g/mol. The van der Waals surface area contributed by atoms with Gasteiger partial charge < -0.3 is 15.5 Å². The number of ketones is 1. The number of fused-ring (bicyclic) bond motifs is 1. The molecule has 1 aliphatic carbocycles. The van der Waals surface area contributed by atoms with Crippen LogP contribution < -0.4 is 5.32 Å². The number of carbonyl (C=O) groups is 3. The molecule has 1 aromatic heterocycles. The molecule has 7 heteroatoms. The summed E-state index contributed by atoms with van der Waals surface area (Å²) in [5.41, 5.74) is 1.92. The maximum atomic E-state index is 12.9. The molecule has 0 atom stereocenters. The Labute approximate surface area is 161 Å². The lowest BCUT2D eigenvalue weighted by Gasteiger charge is -2.32. The van der Waals surface area contributed by atoms with Crippen molar-refractivity contribution in [3.63, 3.8) is 0 Å². The largest absolute Gasteiger partial charge is 0.506 e. The van der Waals surface area contributed by atoms with Gasteiger partial charge in [0.2, 0.25) is 0 Å². The van der Waals surface area contributed by atoms with Crippen LogP contribution in [-0.4, -0.2) is 39.4 Å². The van der Waals surface area contributed by atoms with Gasteiger partial charge in [-0.1, -0.05) is 18.2 Å². The van der Waals surface area contributed by atoms with Gasteiger partial charge in [-0.05, 0) is 44.0 Å². The molecule has 0 radical (unpaired) electrons. The fourth-order valence-corrected chi connectivity index (χ4v) is 3.37. The number of carboxylic acids is 1. The zero-order valence-electron chi connectivity index (χ0n) is 15.7. The zero-order chi connectivity index (χ0) is 20.6. The minimum Gasteiger partial charge on any atom is -0.506 e. The van der Waals surface area contributed by atoms with Crippen LogP contribution in [0.4, 0.5) is 0 Å². The molecule has 7 nitrogen and oxygen atoms in total. The van der Waals surface area contributed by atoms with Crippen LogP contribution in [0, 0.1) is 6.92 Å². The van der Waals surface area contributed by atoms with Gasteiger partial charge in [0.15, 0.2) is 5.78 Å². The molecule has 1 amide bonds. The van der Waals surface area contributed by atoms with Crippen molar-refractivity contribution in [2.75, 3.05) is 6.54 Å². The second kappa shape index (κ2) is 6.92. The van der Waals surface area contributed by atoms with Gasteiger partial charge in [0.25, 0.3) is 5.91 Å². The van der Waals surface area contributed by atoms with Crippen LogP contribution >= 0.6 is 0 Å². The van der Waals surface area contributed by atoms with Gasteiger partial charge in [0.05, 0.1) is 5.41 Å². The number of aliphatic hydroxyl groups is 1. The molecule has 0 bridgehead atoms. The number of hydrogen-bond donors (Lipinski definition) is 3. The number of carbonyl (C=O) groups excluding carboxylic acids is 2. The van der Waals surface area contributed by atoms with Crippen LogP contribution in [0.15, 0.2) is 42.1 Å². The summed E-state index contributed by atoms with van der Waals surface area (Å²) in [6, 6.07) is 9.02. The number of aryl methyl sites for hydroxylation is 1. The van der Waals surface area contributed by atoms with Crippen molar-refractivity contribution >= 4 is 23.4 Å². The Morgan fingerprint density at radius 1 is 1.18 bits per heavy atom. The lowest BCUT2D eigenvalue weighted by Crippen LogP contribution is -2.42. The van der Waals surface area contributed by atoms with Gasteiger partial charge in [-0.25, -0.2) is 0 Å². The average Bonchev–Trinajstić information content (AvgIpc) is 2.65. The summed E-state index contributed by atoms with van der Waals surface area (Å²) in [6.07, 6.45) is 1.68. The molecule has 0 aliphatic heterocycles. The summed E-state index contributed by atoms with van der Waals surface area (Å²) in [7, 11) is 0. The number of nitrogens with one attached hydrogen (secondary N) is 1. The number of Topliss-reactive ketones (excluding diaryl/α,β-unsaturated/α-hetero) is 1. The molecule has 144 valence electrons. The van der Waals surface area contributed by atoms with E-state index in [4.69, 9.17) is 5.11 Å². The zero-order valence-corrected chi connectivity index (χ0v) is 15.7. The molecule has 0 saturated heterocycles. The number of carboxylic acid groups (broad SMARTS) is 1. The van der Waals surface area contributed by atoms with Gasteiger partial charge in [0, 0.05) is 23.0 Å². The van der Waals surface area contributed by atoms with E-state index in [1.165, 1.54) is 0 Å². The van der Waals surface area contributed by atoms with Crippen molar-refractivity contribution in [1.82, 2.24) is 10.3 Å². The second-order valence-electron chi connectivity index (χ2n) is 7.15. The van der Waals surface area contributed by atoms with Crippen LogP contribution in [0.2, 0.25) is 0 Å². The quantitative estimate of drug-likeness (QED) is 0.701. The van der Waals surface area contributed by atoms with Crippen molar-refractivity contribution in [3.8, 4) is 11.1 Å². The number of amides is 1. The van der Waals surface area contributed by atoms with E-state index in [0.717, 1.165) is 16.8 Å². The molecule has 0 fully saturated rings. The molecular formula is C21H20N2O5. The van der Waals surface area contributed by atoms with E-state index in [1.54, 1.807) is 38.2 Å². The molecule has 1 aromatic carbocycles. The number of aliphatic carboxylic acids is 1. The Balaban J connectivity index is 2.16. The summed E-state index contributed by atoms with van der Waals surface area (Å²) in [4.78, 5) is 40.3. The number of rotatable bonds is 4. The van der Waals surface area contributed by atoms with E-state index in [1.807, 2.05) is 19.1 Å². The lowest BCUT2D eigenvalue weighted by molar-refractivity contribution is -0.138. The molecule has 3 rings (SSSR count). The smallest absolute Gasteiger partial charge is 0.322 e. The van der Waals surface area contributed by atoms with Gasteiger partial charge in [0.1, 0.15) is 17.9 Å². The predicted octanol–water partition coefficient (Wildman–Crippen LogP) is 2.39. The van der Waals surface area contributed by atoms with Crippen LogP contribution in [0.3, 0.4) is 0 Å². The topological polar surface area (TPSA) is 117 Å². The number of hydrogen-bond acceptors (Lipinski definition) is 5. The van der Waals surface area contributed by atoms with Gasteiger partial charge in [-0.2, -0.15) is 0 Å². The van der Waals surface area contributed by atoms with E-state index < -0.39 is 41.0 Å². The lowest BCUT2D eigenvalue weighted by atomic mass is 9.70. The minimum atomic E-state index is -1.24. The molecule has 0 unspecified atom stereocenters. The number of aromatic nitrogens is 1. The Hall–Kier alpha value is -3.48. The van der Waals surface area contributed by atoms with Crippen molar-refractivity contribution in [2.24, 2.45) is 0 Å². The van der Waals surface area contributed by atoms with Crippen LogP contribution in [0.5, 0.6) is 0 Å². The summed E-state index contributed by atoms with van der Waals surface area (Å²) in [6.45, 7) is 4.55. The van der Waals surface area contributed by atoms with Crippen LogP contribution in [0.25, 0.3) is 16.9 Å². The van der Waals surface area contributed by atoms with Crippen molar-refractivity contribution < 1.29 is 24.6 Å². The van der Waals surface area contributed by atoms with Crippen LogP contribution in [-0.2, 0) is 19.8 Å². The molecule has 2 aromatic rings. The predicted molar refractivity (Wildman–Crippen MR) is 103 cm³/mol. The van der Waals surface area contributed by atoms with Crippen molar-refractivity contribution in [1.29, 1.82) is 0 Å². The SMILES string of the molecule is Cc1ncccc1-c1ccc2c(c1)C(O)=C(C(=O)NCC(=O)O)C(=O)C2(C)C. The second-order valence-corrected chi connectivity index (χ2v) is 7.15. The highest BCUT2D eigenvalue weighted by molar-refractivity contribution is 6.28. The maximum absolute atomic E-state index is 12.9. The van der Waals surface area contributed by atoms with Crippen molar-refractivity contribution in [2.45, 2.75) is 26.2 Å². The van der Waals surface area contributed by atoms with Gasteiger partial charge in [-0.3, -0.25) is 19.4 Å². The van der Waals surface area contributed by atoms with Gasteiger partial charge >= 0.3 is 5.97 Å². The number of aliphatic hydroxyl groups excluding tert-OH is 1. The highest BCUT2D eigenvalue weighted by atomic mass is 16.4. The summed E-state index contributed by atoms with van der Waals surface area (Å²) in [5, 5.41) is 21.6. The first-order chi connectivity index (χ1) is 13.1. The Bertz CT molecular complexity index is 1040. The fraction of sp³-hybridized carbons (Fsp3) is 0.238. The molecule has 0 spiro atoms. The van der Waals surface area contributed by atoms with E-state index in [0.29, 0.717) is 11.1 Å². The van der Waals surface area contributed by atoms with E-state index in [9.17, 15) is 19.5 Å². The average molecular weight is 380 g/mol. The molecule has 28 heavy (non-hydrogen) atoms. The van der Waals surface area contributed by atoms with Gasteiger partial charge in [-0.15, -0.1) is 0 Å². The minimum absolute atomic E-state index is 0.367. The third-order valence-electron chi connectivity index (χ3n) is 4.92. The molecule has 1 heterocycles. The fourth-order valence-electron chi connectivity index (χ4n) is 3.37. The summed E-state index contributed by atoms with van der Waals surface area (Å²) >= 11 is 0. The molecule has 1 aliphatic rings. The standard InChI is InChI=1S/C21H20N2O5/c1-11-13(5-4-8-22-11)12-6-7-15-14(9-12)18(26)17(19(27)21(15,2)3)20(28)23-10-16(24)25/h4-9,26H,10H2,1-3H3,(H,23,28)(H,24,25). The van der Waals surface area contributed by atoms with Crippen LogP contribution in [0.1, 0.15) is 30.7 Å². The van der Waals surface area contributed by atoms with E-state index >= 15 is 0 Å².